The van der Waals surface area contributed by atoms with Gasteiger partial charge in [0.2, 0.25) is 0 Å². The Balaban J connectivity index is 1.99. The van der Waals surface area contributed by atoms with Gasteiger partial charge >= 0.3 is 0 Å². The zero-order valence-electron chi connectivity index (χ0n) is 8.01. The van der Waals surface area contributed by atoms with E-state index in [4.69, 9.17) is 0 Å². The molecular formula is C10H18N2. The number of hydrogen-bond acceptors (Lipinski definition) is 2. The summed E-state index contributed by atoms with van der Waals surface area (Å²) >= 11 is 0. The molecule has 0 aromatic rings. The molecule has 0 amide bonds. The summed E-state index contributed by atoms with van der Waals surface area (Å²) in [4.78, 5) is 4.13. The molecule has 2 heteroatoms. The Morgan fingerprint density at radius 3 is 3.00 bits per heavy atom. The van der Waals surface area contributed by atoms with Crippen LogP contribution in [0.25, 0.3) is 0 Å². The predicted octanol–water partition coefficient (Wildman–Crippen LogP) is 1.63. The van der Waals surface area contributed by atoms with E-state index in [1.807, 2.05) is 6.21 Å². The fourth-order valence-corrected chi connectivity index (χ4v) is 1.18. The van der Waals surface area contributed by atoms with E-state index in [9.17, 15) is 0 Å². The van der Waals surface area contributed by atoms with Crippen LogP contribution in [0.5, 0.6) is 0 Å². The third-order valence-corrected chi connectivity index (χ3v) is 1.86. The fraction of sp³-hybridized carbons (Fsp3) is 0.700. The second-order valence-electron chi connectivity index (χ2n) is 3.62. The van der Waals surface area contributed by atoms with Crippen molar-refractivity contribution in [2.45, 2.75) is 20.3 Å². The van der Waals surface area contributed by atoms with Crippen molar-refractivity contribution in [1.82, 2.24) is 5.32 Å². The van der Waals surface area contributed by atoms with E-state index >= 15 is 0 Å². The molecule has 0 saturated carbocycles. The lowest BCUT2D eigenvalue weighted by atomic mass is 10.2. The second-order valence-corrected chi connectivity index (χ2v) is 3.62. The van der Waals surface area contributed by atoms with Crippen LogP contribution in [0.15, 0.2) is 16.6 Å². The predicted molar refractivity (Wildman–Crippen MR) is 53.8 cm³/mol. The molecule has 12 heavy (non-hydrogen) atoms. The van der Waals surface area contributed by atoms with Crippen LogP contribution in [0.4, 0.5) is 0 Å². The summed E-state index contributed by atoms with van der Waals surface area (Å²) in [6, 6.07) is 0. The topological polar surface area (TPSA) is 24.4 Å². The van der Waals surface area contributed by atoms with Gasteiger partial charge in [-0.1, -0.05) is 19.9 Å². The third-order valence-electron chi connectivity index (χ3n) is 1.86. The molecule has 1 heterocycles. The average molecular weight is 166 g/mol. The zero-order chi connectivity index (χ0) is 8.81. The highest BCUT2D eigenvalue weighted by atomic mass is 14.8. The minimum Gasteiger partial charge on any atom is -0.316 e. The molecule has 1 aliphatic rings. The molecule has 0 aliphatic carbocycles. The summed E-state index contributed by atoms with van der Waals surface area (Å²) in [5.74, 6) is 0.747. The number of nitrogens with one attached hydrogen (secondary N) is 1. The number of aliphatic imine (C=N–C) groups is 1. The lowest BCUT2D eigenvalue weighted by Gasteiger charge is -2.06. The molecule has 0 saturated heterocycles. The molecule has 0 spiro atoms. The number of nitrogens with zero attached hydrogens (tertiary/aromatic N) is 1. The first-order valence-electron chi connectivity index (χ1n) is 4.68. The van der Waals surface area contributed by atoms with Gasteiger partial charge in [-0.05, 0) is 31.0 Å². The van der Waals surface area contributed by atoms with Crippen LogP contribution in [-0.4, -0.2) is 25.8 Å². The molecule has 68 valence electrons. The van der Waals surface area contributed by atoms with Crippen LogP contribution in [0, 0.1) is 5.92 Å². The van der Waals surface area contributed by atoms with E-state index < -0.39 is 0 Å². The zero-order valence-corrected chi connectivity index (χ0v) is 8.01. The Morgan fingerprint density at radius 2 is 2.42 bits per heavy atom. The molecule has 2 nitrogen and oxygen atoms in total. The SMILES string of the molecule is CC(C)CNCCC1=CCN=C1. The first-order chi connectivity index (χ1) is 5.79. The van der Waals surface area contributed by atoms with Gasteiger partial charge in [-0.2, -0.15) is 0 Å². The van der Waals surface area contributed by atoms with Gasteiger partial charge in [-0.15, -0.1) is 0 Å². The van der Waals surface area contributed by atoms with E-state index in [0.717, 1.165) is 32.0 Å². The summed E-state index contributed by atoms with van der Waals surface area (Å²) in [6.45, 7) is 7.53. The maximum absolute atomic E-state index is 4.13. The molecule has 0 aromatic heterocycles. The van der Waals surface area contributed by atoms with Crippen molar-refractivity contribution in [3.05, 3.63) is 11.6 Å². The van der Waals surface area contributed by atoms with Crippen LogP contribution in [-0.2, 0) is 0 Å². The van der Waals surface area contributed by atoms with Gasteiger partial charge in [0.25, 0.3) is 0 Å². The van der Waals surface area contributed by atoms with Gasteiger partial charge in [-0.25, -0.2) is 0 Å². The van der Waals surface area contributed by atoms with Gasteiger partial charge in [0.1, 0.15) is 0 Å². The van der Waals surface area contributed by atoms with Crippen molar-refractivity contribution in [2.75, 3.05) is 19.6 Å². The van der Waals surface area contributed by atoms with Gasteiger partial charge in [0.05, 0.1) is 6.54 Å². The molecule has 1 aliphatic heterocycles. The molecule has 0 atom stereocenters. The van der Waals surface area contributed by atoms with Crippen molar-refractivity contribution in [3.63, 3.8) is 0 Å². The largest absolute Gasteiger partial charge is 0.316 e. The van der Waals surface area contributed by atoms with Crippen molar-refractivity contribution in [3.8, 4) is 0 Å². The average Bonchev–Trinajstić information content (AvgIpc) is 2.49. The van der Waals surface area contributed by atoms with Gasteiger partial charge in [0, 0.05) is 6.21 Å². The van der Waals surface area contributed by atoms with Crippen LogP contribution in [0.2, 0.25) is 0 Å². The summed E-state index contributed by atoms with van der Waals surface area (Å²) < 4.78 is 0. The Labute approximate surface area is 74.8 Å². The van der Waals surface area contributed by atoms with E-state index in [1.165, 1.54) is 5.57 Å². The van der Waals surface area contributed by atoms with Crippen LogP contribution < -0.4 is 5.32 Å². The Hall–Kier alpha value is -0.630. The standard InChI is InChI=1S/C10H18N2/c1-9(2)7-11-5-3-10-4-6-12-8-10/h4,8-9,11H,3,5-7H2,1-2H3. The van der Waals surface area contributed by atoms with Crippen LogP contribution in [0.3, 0.4) is 0 Å². The van der Waals surface area contributed by atoms with Crippen molar-refractivity contribution in [1.29, 1.82) is 0 Å². The Morgan fingerprint density at radius 1 is 1.58 bits per heavy atom. The van der Waals surface area contributed by atoms with E-state index in [-0.39, 0.29) is 0 Å². The first kappa shape index (κ1) is 9.46. The maximum Gasteiger partial charge on any atom is 0.0576 e. The molecule has 1 rings (SSSR count). The van der Waals surface area contributed by atoms with Gasteiger partial charge in [-0.3, -0.25) is 4.99 Å². The molecule has 0 unspecified atom stereocenters. The summed E-state index contributed by atoms with van der Waals surface area (Å²) in [5, 5.41) is 3.41. The lowest BCUT2D eigenvalue weighted by Crippen LogP contribution is -2.21. The minimum atomic E-state index is 0.747. The highest BCUT2D eigenvalue weighted by Gasteiger charge is 1.98. The Kier molecular flexibility index (Phi) is 4.01. The van der Waals surface area contributed by atoms with E-state index in [1.54, 1.807) is 0 Å². The molecule has 0 aromatic carbocycles. The first-order valence-corrected chi connectivity index (χ1v) is 4.68. The van der Waals surface area contributed by atoms with Crippen LogP contribution >= 0.6 is 0 Å². The number of rotatable bonds is 5. The summed E-state index contributed by atoms with van der Waals surface area (Å²) in [5.41, 5.74) is 1.38. The fourth-order valence-electron chi connectivity index (χ4n) is 1.18. The quantitative estimate of drug-likeness (QED) is 0.617. The van der Waals surface area contributed by atoms with E-state index in [0.29, 0.717) is 0 Å². The van der Waals surface area contributed by atoms with Gasteiger partial charge in [0.15, 0.2) is 0 Å². The molecule has 0 radical (unpaired) electrons. The monoisotopic (exact) mass is 166 g/mol. The lowest BCUT2D eigenvalue weighted by molar-refractivity contribution is 0.555. The highest BCUT2D eigenvalue weighted by molar-refractivity contribution is 5.80. The molecule has 0 bridgehead atoms. The van der Waals surface area contributed by atoms with Crippen molar-refractivity contribution in [2.24, 2.45) is 10.9 Å². The normalized spacial score (nSPS) is 15.8. The summed E-state index contributed by atoms with van der Waals surface area (Å²) in [6.07, 6.45) is 5.30. The van der Waals surface area contributed by atoms with E-state index in [2.05, 4.69) is 30.2 Å². The van der Waals surface area contributed by atoms with Gasteiger partial charge < -0.3 is 5.32 Å². The maximum atomic E-state index is 4.13. The number of hydrogen-bond donors (Lipinski definition) is 1. The van der Waals surface area contributed by atoms with Crippen LogP contribution in [0.1, 0.15) is 20.3 Å². The van der Waals surface area contributed by atoms with Crippen molar-refractivity contribution < 1.29 is 0 Å². The Bertz CT molecular complexity index is 180. The smallest absolute Gasteiger partial charge is 0.0576 e. The summed E-state index contributed by atoms with van der Waals surface area (Å²) in [7, 11) is 0. The molecular weight excluding hydrogens is 148 g/mol. The van der Waals surface area contributed by atoms with Crippen molar-refractivity contribution >= 4 is 6.21 Å². The molecule has 0 fully saturated rings. The minimum absolute atomic E-state index is 0.747. The highest BCUT2D eigenvalue weighted by Crippen LogP contribution is 2.02. The molecule has 1 N–H and O–H groups in total. The third kappa shape index (κ3) is 3.67. The second kappa shape index (κ2) is 5.09.